The summed E-state index contributed by atoms with van der Waals surface area (Å²) in [6, 6.07) is 31.2. The number of hydrogen-bond donors (Lipinski definition) is 16. The molecule has 9 rings (SSSR count). The second kappa shape index (κ2) is 64.7. The van der Waals surface area contributed by atoms with Gasteiger partial charge in [0.1, 0.15) is 0 Å². The van der Waals surface area contributed by atoms with Gasteiger partial charge in [-0.1, -0.05) is 170 Å². The van der Waals surface area contributed by atoms with Crippen LogP contribution in [-0.4, -0.2) is 249 Å². The first-order valence-electron chi connectivity index (χ1n) is 46.8. The van der Waals surface area contributed by atoms with Crippen molar-refractivity contribution in [1.29, 1.82) is 0 Å². The van der Waals surface area contributed by atoms with Crippen LogP contribution in [0, 0.1) is 23.2 Å². The molecule has 0 bridgehead atoms. The molecule has 3 aromatic carbocycles. The first-order chi connectivity index (χ1) is 61.0. The Kier molecular flexibility index (Phi) is 59.6. The quantitative estimate of drug-likeness (QED) is 0.0184. The number of ether oxygens (including phenoxy) is 2. The van der Waals surface area contributed by atoms with E-state index in [-0.39, 0.29) is 89.4 Å². The molecule has 0 unspecified atom stereocenters. The predicted octanol–water partition coefficient (Wildman–Crippen LogP) is 10.7. The number of nitrogens with two attached hydrogens (primary N) is 1. The molecule has 754 valence electrons. The molecule has 0 spiro atoms. The zero-order valence-corrected chi connectivity index (χ0v) is 83.4. The van der Waals surface area contributed by atoms with Crippen molar-refractivity contribution in [2.45, 2.75) is 327 Å². The second-order valence-corrected chi connectivity index (χ2v) is 47.4. The van der Waals surface area contributed by atoms with E-state index in [2.05, 4.69) is 77.2 Å². The molecule has 0 heterocycles. The summed E-state index contributed by atoms with van der Waals surface area (Å²) in [5.74, 6) is 0.312. The molecule has 3 aromatic rings. The maximum absolute atomic E-state index is 12.7. The topological polar surface area (TPSA) is 555 Å². The van der Waals surface area contributed by atoms with E-state index < -0.39 is 88.8 Å². The van der Waals surface area contributed by atoms with Crippen molar-refractivity contribution in [2.75, 3.05) is 86.1 Å². The molecule has 0 aliphatic heterocycles. The van der Waals surface area contributed by atoms with E-state index in [0.717, 1.165) is 98.7 Å². The number of carbonyl (C=O) groups is 2. The van der Waals surface area contributed by atoms with Crippen LogP contribution in [0.2, 0.25) is 0 Å². The van der Waals surface area contributed by atoms with Crippen LogP contribution < -0.4 is 48.3 Å². The van der Waals surface area contributed by atoms with Crippen molar-refractivity contribution in [1.82, 2.24) is 42.5 Å². The first-order valence-corrected chi connectivity index (χ1v) is 58.0. The molecular weight excluding hydrogens is 1820 g/mol. The zero-order valence-electron chi connectivity index (χ0n) is 77.7. The Balaban J connectivity index is 0.000000394. The number of hydrogen-bond acceptors (Lipinski definition) is 25. The number of carbonyl (C=O) groups excluding carboxylic acids is 2. The summed E-state index contributed by atoms with van der Waals surface area (Å²) in [7, 11) is -26.9. The summed E-state index contributed by atoms with van der Waals surface area (Å²) < 4.78 is 220. The predicted molar refractivity (Wildman–Crippen MR) is 513 cm³/mol. The lowest BCUT2D eigenvalue weighted by Gasteiger charge is -2.37. The van der Waals surface area contributed by atoms with Gasteiger partial charge in [-0.05, 0) is 261 Å². The highest BCUT2D eigenvalue weighted by atomic mass is 32.2. The van der Waals surface area contributed by atoms with Crippen molar-refractivity contribution in [3.63, 3.8) is 0 Å². The fourth-order valence-electron chi connectivity index (χ4n) is 16.7. The van der Waals surface area contributed by atoms with Crippen molar-refractivity contribution in [3.05, 3.63) is 108 Å². The monoisotopic (exact) mass is 1980 g/mol. The smallest absolute Gasteiger partial charge is 0.264 e. The molecule has 8 atom stereocenters. The molecule has 6 saturated carbocycles. The normalized spacial score (nSPS) is 20.7. The summed E-state index contributed by atoms with van der Waals surface area (Å²) in [5.41, 5.74) is 8.71. The molecule has 0 radical (unpaired) electrons. The Hall–Kier alpha value is -4.39. The van der Waals surface area contributed by atoms with Crippen LogP contribution in [0.15, 0.2) is 91.0 Å². The van der Waals surface area contributed by atoms with E-state index in [1.54, 1.807) is 6.92 Å². The van der Waals surface area contributed by atoms with Gasteiger partial charge >= 0.3 is 0 Å². The number of benzene rings is 3. The maximum Gasteiger partial charge on any atom is 0.264 e. The number of amides is 2. The van der Waals surface area contributed by atoms with E-state index >= 15 is 0 Å². The van der Waals surface area contributed by atoms with Gasteiger partial charge in [-0.2, -0.15) is 58.9 Å². The SMILES string of the molecule is CC(C)(C)C1CCC(NCCCS(=O)(=O)O)CC1.C[C@@H](NCCCS(=O)(=O)O)C1CCCCC1.C[C@H](NCCCS(=O)(=O)O)C(N)=O.C[C@H](NCCCS(=O)(=O)O)C1CCCCC1.O=C(NC1CCCCC1)[C@H](Cc1ccccc1)NCCCS(=O)(=O)O.O=S(=O)(O)CCCN[C@@H]1CCC[C@H]1OCc1ccccc1.O=S(=O)(O)CCCN[C@H]1CCC[C@@H]1OCc1ccccc1. The summed E-state index contributed by atoms with van der Waals surface area (Å²) in [6.45, 7) is 17.9. The van der Waals surface area contributed by atoms with Gasteiger partial charge in [0.2, 0.25) is 11.8 Å². The zero-order chi connectivity index (χ0) is 96.7. The number of primary amides is 1. The molecule has 41 heteroatoms. The van der Waals surface area contributed by atoms with Crippen molar-refractivity contribution in [2.24, 2.45) is 28.9 Å². The van der Waals surface area contributed by atoms with Crippen LogP contribution >= 0.6 is 0 Å². The van der Waals surface area contributed by atoms with Gasteiger partial charge in [0, 0.05) is 36.3 Å². The van der Waals surface area contributed by atoms with Crippen LogP contribution in [0.3, 0.4) is 0 Å². The third kappa shape index (κ3) is 64.6. The Morgan fingerprint density at radius 3 is 1.00 bits per heavy atom. The third-order valence-corrected chi connectivity index (χ3v) is 29.9. The standard InChI is InChI=1S/C18H28N2O4S.2C15H23NO4S.C13H27NO3S.2C11H23NO3S.C6H14N2O4S/c21-18(20-16-10-5-2-6-11-16)17(14-15-8-3-1-4-9-15)19-12-7-13-25(22,23)24;2*17-21(18,19)11-5-10-16-14-8-4-9-15(14)20-12-13-6-2-1-3-7-13;1-13(2,3)11-5-7-12(8-6-11)14-9-4-10-18(15,16)17;2*1-10(11-6-3-2-4-7-11)12-8-5-9-16(13,14)15;1-5(6(7)9)8-3-2-4-13(10,11)12/h1,3-4,8-9,16-17,19H,2,5-7,10-14H2,(H,20,21)(H,22,23,24);2*1-3,6-7,14-16H,4-5,8-12H2,(H,17,18,19);11-12,14H,4-10H2,1-3H3,(H,15,16,17);2*10-12H,2-9H2,1H3,(H,13,14,15);5,8H,2-4H2,1H3,(H2,7,9)(H,10,11,12)/t17-;2*14-,15-;;2*10-;5-/m010.100/s1. The van der Waals surface area contributed by atoms with E-state index in [0.29, 0.717) is 121 Å². The Morgan fingerprint density at radius 1 is 0.362 bits per heavy atom. The highest BCUT2D eigenvalue weighted by Gasteiger charge is 2.32. The Bertz CT molecular complexity index is 4200. The van der Waals surface area contributed by atoms with Gasteiger partial charge in [0.05, 0.1) is 77.8 Å². The fourth-order valence-corrected chi connectivity index (χ4v) is 20.3. The molecule has 2 amide bonds. The molecule has 34 nitrogen and oxygen atoms in total. The minimum atomic E-state index is -3.96. The van der Waals surface area contributed by atoms with Crippen molar-refractivity contribution in [3.8, 4) is 0 Å². The minimum Gasteiger partial charge on any atom is -0.372 e. The van der Waals surface area contributed by atoms with Crippen molar-refractivity contribution < 1.29 is 110 Å². The summed E-state index contributed by atoms with van der Waals surface area (Å²) in [5, 5.41) is 25.7. The van der Waals surface area contributed by atoms with E-state index in [1.165, 1.54) is 96.3 Å². The first kappa shape index (κ1) is 120. The molecule has 6 fully saturated rings. The van der Waals surface area contributed by atoms with Crippen LogP contribution in [0.1, 0.15) is 264 Å². The molecule has 130 heavy (non-hydrogen) atoms. The molecular formula is C89H161N9O25S7. The lowest BCUT2D eigenvalue weighted by Crippen LogP contribution is -2.49. The van der Waals surface area contributed by atoms with Crippen LogP contribution in [0.5, 0.6) is 0 Å². The highest BCUT2D eigenvalue weighted by Crippen LogP contribution is 2.38. The molecule has 0 saturated heterocycles. The van der Waals surface area contributed by atoms with Crippen LogP contribution in [-0.2, 0) is 110 Å². The molecule has 0 aromatic heterocycles. The summed E-state index contributed by atoms with van der Waals surface area (Å²) >= 11 is 0. The average Bonchev–Trinajstić information content (AvgIpc) is 1.25. The van der Waals surface area contributed by atoms with Crippen LogP contribution in [0.25, 0.3) is 0 Å². The Morgan fingerprint density at radius 2 is 0.669 bits per heavy atom. The maximum atomic E-state index is 12.7. The van der Waals surface area contributed by atoms with Crippen LogP contribution in [0.4, 0.5) is 0 Å². The van der Waals surface area contributed by atoms with Gasteiger partial charge in [0.25, 0.3) is 70.8 Å². The van der Waals surface area contributed by atoms with Gasteiger partial charge in [0.15, 0.2) is 0 Å². The van der Waals surface area contributed by atoms with Gasteiger partial charge in [-0.3, -0.25) is 41.5 Å². The van der Waals surface area contributed by atoms with E-state index in [9.17, 15) is 68.5 Å². The van der Waals surface area contributed by atoms with Gasteiger partial charge in [-0.25, -0.2) is 0 Å². The van der Waals surface area contributed by atoms with E-state index in [1.807, 2.05) is 91.0 Å². The van der Waals surface area contributed by atoms with Gasteiger partial charge in [-0.15, -0.1) is 0 Å². The van der Waals surface area contributed by atoms with Gasteiger partial charge < -0.3 is 57.7 Å². The van der Waals surface area contributed by atoms with E-state index in [4.69, 9.17) is 47.1 Å². The summed E-state index contributed by atoms with van der Waals surface area (Å²) in [4.78, 5) is 23.1. The second-order valence-electron chi connectivity index (χ2n) is 36.4. The van der Waals surface area contributed by atoms with Crippen molar-refractivity contribution >= 4 is 82.6 Å². The highest BCUT2D eigenvalue weighted by molar-refractivity contribution is 7.87. The number of nitrogens with one attached hydrogen (secondary N) is 8. The number of rotatable bonds is 48. The molecule has 6 aliphatic rings. The molecule has 17 N–H and O–H groups in total. The minimum absolute atomic E-state index is 0.0393. The lowest BCUT2D eigenvalue weighted by atomic mass is 9.71. The third-order valence-electron chi connectivity index (χ3n) is 24.2. The Labute approximate surface area is 779 Å². The molecule has 6 aliphatic carbocycles. The fraction of sp³-hybridized carbons (Fsp3) is 0.775. The summed E-state index contributed by atoms with van der Waals surface area (Å²) in [6.07, 6.45) is 33.6. The largest absolute Gasteiger partial charge is 0.372 e. The average molecular weight is 1980 g/mol. The lowest BCUT2D eigenvalue weighted by molar-refractivity contribution is -0.124.